The maximum absolute atomic E-state index is 12.7. The molecule has 1 heterocycles. The first kappa shape index (κ1) is 19.5. The molecule has 0 N–H and O–H groups in total. The predicted molar refractivity (Wildman–Crippen MR) is 97.1 cm³/mol. The minimum absolute atomic E-state index is 0.00507. The fourth-order valence-electron chi connectivity index (χ4n) is 3.06. The van der Waals surface area contributed by atoms with E-state index in [2.05, 4.69) is 25.9 Å². The lowest BCUT2D eigenvalue weighted by molar-refractivity contribution is -0.136. The van der Waals surface area contributed by atoms with Crippen molar-refractivity contribution in [3.8, 4) is 11.5 Å². The van der Waals surface area contributed by atoms with Gasteiger partial charge in [-0.1, -0.05) is 12.1 Å². The Hall–Kier alpha value is -1.79. The summed E-state index contributed by atoms with van der Waals surface area (Å²) >= 11 is 0. The molecular weight excluding hydrogens is 320 g/mol. The average Bonchev–Trinajstić information content (AvgIpc) is 2.79. The molecule has 1 aromatic rings. The highest BCUT2D eigenvalue weighted by Gasteiger charge is 2.30. The van der Waals surface area contributed by atoms with Gasteiger partial charge in [-0.15, -0.1) is 0 Å². The van der Waals surface area contributed by atoms with Crippen molar-refractivity contribution in [3.63, 3.8) is 0 Å². The van der Waals surface area contributed by atoms with E-state index in [9.17, 15) is 4.79 Å². The van der Waals surface area contributed by atoms with E-state index in [1.54, 1.807) is 13.2 Å². The number of nitrogens with zero attached hydrogens (tertiary/aromatic N) is 2. The number of ether oxygens (including phenoxy) is 3. The Morgan fingerprint density at radius 1 is 1.32 bits per heavy atom. The minimum atomic E-state index is -0.0150. The standard InChI is InChI=1S/C19H30N2O4/c1-15-16(9-10-20(2)3)13-24-12-11-21(15)19(22)14-25-18-8-6-5-7-17(18)23-4/h5-8,15-16H,9-14H2,1-4H3/t15-,16+/m0/s1. The van der Waals surface area contributed by atoms with Gasteiger partial charge in [-0.3, -0.25) is 4.79 Å². The molecule has 6 nitrogen and oxygen atoms in total. The number of carbonyl (C=O) groups excluding carboxylic acids is 1. The van der Waals surface area contributed by atoms with Gasteiger partial charge in [-0.25, -0.2) is 0 Å². The van der Waals surface area contributed by atoms with Crippen LogP contribution >= 0.6 is 0 Å². The number of hydrogen-bond acceptors (Lipinski definition) is 5. The van der Waals surface area contributed by atoms with E-state index >= 15 is 0 Å². The number of rotatable bonds is 7. The number of benzene rings is 1. The van der Waals surface area contributed by atoms with Crippen molar-refractivity contribution >= 4 is 5.91 Å². The number of amides is 1. The highest BCUT2D eigenvalue weighted by Crippen LogP contribution is 2.26. The van der Waals surface area contributed by atoms with Crippen LogP contribution in [-0.4, -0.2) is 75.9 Å². The topological polar surface area (TPSA) is 51.2 Å². The number of para-hydroxylation sites is 2. The van der Waals surface area contributed by atoms with Crippen molar-refractivity contribution in [2.75, 3.05) is 54.1 Å². The summed E-state index contributed by atoms with van der Waals surface area (Å²) in [5, 5.41) is 0. The second-order valence-electron chi connectivity index (χ2n) is 6.69. The second-order valence-corrected chi connectivity index (χ2v) is 6.69. The average molecular weight is 350 g/mol. The Balaban J connectivity index is 1.96. The van der Waals surface area contributed by atoms with Gasteiger partial charge in [0.05, 0.1) is 20.3 Å². The van der Waals surface area contributed by atoms with Crippen LogP contribution in [0.5, 0.6) is 11.5 Å². The Bertz CT molecular complexity index is 550. The van der Waals surface area contributed by atoms with E-state index in [0.717, 1.165) is 13.0 Å². The largest absolute Gasteiger partial charge is 0.493 e. The first-order valence-electron chi connectivity index (χ1n) is 8.80. The van der Waals surface area contributed by atoms with Gasteiger partial charge in [0, 0.05) is 18.5 Å². The molecule has 6 heteroatoms. The maximum Gasteiger partial charge on any atom is 0.260 e. The van der Waals surface area contributed by atoms with Gasteiger partial charge < -0.3 is 24.0 Å². The summed E-state index contributed by atoms with van der Waals surface area (Å²) in [6.07, 6.45) is 1.01. The fraction of sp³-hybridized carbons (Fsp3) is 0.632. The number of methoxy groups -OCH3 is 1. The molecule has 1 aliphatic rings. The van der Waals surface area contributed by atoms with Crippen LogP contribution in [0, 0.1) is 5.92 Å². The molecule has 0 radical (unpaired) electrons. The third-order valence-corrected chi connectivity index (χ3v) is 4.67. The third kappa shape index (κ3) is 5.61. The Labute approximate surface area is 150 Å². The highest BCUT2D eigenvalue weighted by molar-refractivity contribution is 5.78. The Morgan fingerprint density at radius 3 is 2.72 bits per heavy atom. The summed E-state index contributed by atoms with van der Waals surface area (Å²) in [6, 6.07) is 7.50. The van der Waals surface area contributed by atoms with E-state index in [0.29, 0.717) is 37.2 Å². The molecule has 1 aromatic carbocycles. The first-order valence-corrected chi connectivity index (χ1v) is 8.80. The van der Waals surface area contributed by atoms with E-state index in [4.69, 9.17) is 14.2 Å². The van der Waals surface area contributed by atoms with Crippen LogP contribution in [0.15, 0.2) is 24.3 Å². The van der Waals surface area contributed by atoms with Crippen LogP contribution in [0.25, 0.3) is 0 Å². The lowest BCUT2D eigenvalue weighted by atomic mass is 9.97. The molecule has 0 bridgehead atoms. The first-order chi connectivity index (χ1) is 12.0. The second kappa shape index (κ2) is 9.63. The summed E-state index contributed by atoms with van der Waals surface area (Å²) in [7, 11) is 5.71. The van der Waals surface area contributed by atoms with E-state index < -0.39 is 0 Å². The number of hydrogen-bond donors (Lipinski definition) is 0. The molecule has 1 amide bonds. The van der Waals surface area contributed by atoms with Crippen LogP contribution in [0.3, 0.4) is 0 Å². The molecule has 140 valence electrons. The van der Waals surface area contributed by atoms with E-state index in [1.807, 2.05) is 23.1 Å². The van der Waals surface area contributed by atoms with Crippen LogP contribution in [0.1, 0.15) is 13.3 Å². The Morgan fingerprint density at radius 2 is 2.04 bits per heavy atom. The fourth-order valence-corrected chi connectivity index (χ4v) is 3.06. The van der Waals surface area contributed by atoms with Gasteiger partial charge >= 0.3 is 0 Å². The summed E-state index contributed by atoms with van der Waals surface area (Å²) in [5.41, 5.74) is 0. The van der Waals surface area contributed by atoms with Crippen molar-refractivity contribution in [2.45, 2.75) is 19.4 Å². The maximum atomic E-state index is 12.7. The van der Waals surface area contributed by atoms with Gasteiger partial charge in [-0.05, 0) is 46.1 Å². The van der Waals surface area contributed by atoms with Gasteiger partial charge in [0.15, 0.2) is 18.1 Å². The third-order valence-electron chi connectivity index (χ3n) is 4.67. The molecule has 2 atom stereocenters. The van der Waals surface area contributed by atoms with Gasteiger partial charge in [0.1, 0.15) is 0 Å². The molecule has 0 unspecified atom stereocenters. The number of carbonyl (C=O) groups is 1. The molecule has 25 heavy (non-hydrogen) atoms. The molecular formula is C19H30N2O4. The smallest absolute Gasteiger partial charge is 0.260 e. The molecule has 0 spiro atoms. The van der Waals surface area contributed by atoms with Crippen molar-refractivity contribution in [1.29, 1.82) is 0 Å². The lowest BCUT2D eigenvalue weighted by Crippen LogP contribution is -2.45. The van der Waals surface area contributed by atoms with Gasteiger partial charge in [-0.2, -0.15) is 0 Å². The van der Waals surface area contributed by atoms with Gasteiger partial charge in [0.2, 0.25) is 0 Å². The molecule has 0 aromatic heterocycles. The quantitative estimate of drug-likeness (QED) is 0.752. The summed E-state index contributed by atoms with van der Waals surface area (Å²) < 4.78 is 16.7. The summed E-state index contributed by atoms with van der Waals surface area (Å²) in [5.74, 6) is 1.53. The van der Waals surface area contributed by atoms with Crippen LogP contribution < -0.4 is 9.47 Å². The highest BCUT2D eigenvalue weighted by atomic mass is 16.5. The molecule has 2 rings (SSSR count). The molecule has 0 aliphatic carbocycles. The summed E-state index contributed by atoms with van der Waals surface area (Å²) in [4.78, 5) is 16.8. The van der Waals surface area contributed by atoms with Crippen molar-refractivity contribution < 1.29 is 19.0 Å². The van der Waals surface area contributed by atoms with Crippen molar-refractivity contribution in [1.82, 2.24) is 9.80 Å². The zero-order chi connectivity index (χ0) is 18.2. The predicted octanol–water partition coefficient (Wildman–Crippen LogP) is 1.89. The van der Waals surface area contributed by atoms with Crippen molar-refractivity contribution in [2.24, 2.45) is 5.92 Å². The lowest BCUT2D eigenvalue weighted by Gasteiger charge is -2.32. The van der Waals surface area contributed by atoms with E-state index in [-0.39, 0.29) is 18.6 Å². The Kier molecular flexibility index (Phi) is 7.52. The normalized spacial score (nSPS) is 21.1. The SMILES string of the molecule is COc1ccccc1OCC(=O)N1CCOC[C@@H](CCN(C)C)[C@@H]1C. The molecule has 1 aliphatic heterocycles. The molecule has 0 saturated carbocycles. The van der Waals surface area contributed by atoms with Crippen LogP contribution in [0.2, 0.25) is 0 Å². The van der Waals surface area contributed by atoms with Crippen LogP contribution in [-0.2, 0) is 9.53 Å². The van der Waals surface area contributed by atoms with Gasteiger partial charge in [0.25, 0.3) is 5.91 Å². The monoisotopic (exact) mass is 350 g/mol. The van der Waals surface area contributed by atoms with Crippen LogP contribution in [0.4, 0.5) is 0 Å². The van der Waals surface area contributed by atoms with Crippen molar-refractivity contribution in [3.05, 3.63) is 24.3 Å². The van der Waals surface area contributed by atoms with E-state index in [1.165, 1.54) is 0 Å². The molecule has 1 fully saturated rings. The molecule has 1 saturated heterocycles. The minimum Gasteiger partial charge on any atom is -0.493 e. The zero-order valence-corrected chi connectivity index (χ0v) is 15.7. The summed E-state index contributed by atoms with van der Waals surface area (Å²) in [6.45, 7) is 4.97. The zero-order valence-electron chi connectivity index (χ0n) is 15.7.